The van der Waals surface area contributed by atoms with Crippen LogP contribution in [0.5, 0.6) is 11.5 Å². The number of hydrogen-bond acceptors (Lipinski definition) is 4. The van der Waals surface area contributed by atoms with Crippen molar-refractivity contribution in [1.82, 2.24) is 5.32 Å². The van der Waals surface area contributed by atoms with Crippen molar-refractivity contribution < 1.29 is 9.47 Å². The zero-order valence-electron chi connectivity index (χ0n) is 12.9. The number of rotatable bonds is 5. The summed E-state index contributed by atoms with van der Waals surface area (Å²) < 4.78 is 11.5. The molecule has 0 spiro atoms. The highest BCUT2D eigenvalue weighted by Crippen LogP contribution is 2.34. The summed E-state index contributed by atoms with van der Waals surface area (Å²) in [5.41, 5.74) is 1.27. The number of thioether (sulfide) groups is 1. The molecule has 1 aliphatic rings. The molecule has 112 valence electrons. The average Bonchev–Trinajstić information content (AvgIpc) is 2.42. The van der Waals surface area contributed by atoms with Gasteiger partial charge in [0.2, 0.25) is 0 Å². The Labute approximate surface area is 126 Å². The number of hydrogen-bond donors (Lipinski definition) is 1. The largest absolute Gasteiger partial charge is 0.486 e. The lowest BCUT2D eigenvalue weighted by Gasteiger charge is -2.25. The molecule has 1 aliphatic heterocycles. The lowest BCUT2D eigenvalue weighted by molar-refractivity contribution is 0.171. The van der Waals surface area contributed by atoms with E-state index in [1.54, 1.807) is 0 Å². The van der Waals surface area contributed by atoms with E-state index in [1.807, 2.05) is 17.8 Å². The molecule has 0 saturated carbocycles. The minimum atomic E-state index is 0.279. The molecule has 1 N–H and O–H groups in total. The van der Waals surface area contributed by atoms with Gasteiger partial charge in [0.15, 0.2) is 11.5 Å². The molecule has 1 aromatic rings. The first-order chi connectivity index (χ1) is 9.49. The van der Waals surface area contributed by atoms with E-state index in [2.05, 4.69) is 45.1 Å². The van der Waals surface area contributed by atoms with Crippen molar-refractivity contribution in [2.24, 2.45) is 0 Å². The molecule has 1 aromatic carbocycles. The summed E-state index contributed by atoms with van der Waals surface area (Å²) in [5, 5.41) is 3.56. The van der Waals surface area contributed by atoms with E-state index in [9.17, 15) is 0 Å². The van der Waals surface area contributed by atoms with E-state index < -0.39 is 0 Å². The van der Waals surface area contributed by atoms with Gasteiger partial charge in [-0.25, -0.2) is 0 Å². The predicted octanol–water partition coefficient (Wildman–Crippen LogP) is 3.64. The molecule has 0 bridgehead atoms. The molecule has 0 fully saturated rings. The Bertz CT molecular complexity index is 443. The van der Waals surface area contributed by atoms with Crippen molar-refractivity contribution in [2.75, 3.05) is 25.5 Å². The topological polar surface area (TPSA) is 30.5 Å². The summed E-state index contributed by atoms with van der Waals surface area (Å²) in [6.07, 6.45) is 0. The van der Waals surface area contributed by atoms with Crippen LogP contribution in [0.25, 0.3) is 0 Å². The molecule has 2 rings (SSSR count). The maximum absolute atomic E-state index is 5.68. The zero-order chi connectivity index (χ0) is 14.6. The molecule has 3 nitrogen and oxygen atoms in total. The molecule has 4 heteroatoms. The smallest absolute Gasteiger partial charge is 0.161 e. The van der Waals surface area contributed by atoms with Crippen molar-refractivity contribution in [3.63, 3.8) is 0 Å². The van der Waals surface area contributed by atoms with Crippen LogP contribution in [0.1, 0.15) is 39.3 Å². The molecule has 0 amide bonds. The van der Waals surface area contributed by atoms with E-state index in [4.69, 9.17) is 9.47 Å². The first-order valence-corrected chi connectivity index (χ1v) is 8.25. The van der Waals surface area contributed by atoms with Crippen molar-refractivity contribution in [1.29, 1.82) is 0 Å². The Morgan fingerprint density at radius 2 is 1.90 bits per heavy atom. The summed E-state index contributed by atoms with van der Waals surface area (Å²) in [7, 11) is 0. The molecule has 1 heterocycles. The van der Waals surface area contributed by atoms with Gasteiger partial charge in [0.1, 0.15) is 13.2 Å². The predicted molar refractivity (Wildman–Crippen MR) is 86.1 cm³/mol. The highest BCUT2D eigenvalue weighted by molar-refractivity contribution is 8.00. The summed E-state index contributed by atoms with van der Waals surface area (Å²) in [6, 6.07) is 6.63. The van der Waals surface area contributed by atoms with E-state index in [0.29, 0.717) is 19.3 Å². The third-order valence-electron chi connectivity index (χ3n) is 3.10. The maximum Gasteiger partial charge on any atom is 0.161 e. The van der Waals surface area contributed by atoms with Crippen LogP contribution in [0.4, 0.5) is 0 Å². The van der Waals surface area contributed by atoms with Gasteiger partial charge in [-0.3, -0.25) is 0 Å². The molecule has 0 aliphatic carbocycles. The molecule has 20 heavy (non-hydrogen) atoms. The second-order valence-corrected chi connectivity index (χ2v) is 7.78. The van der Waals surface area contributed by atoms with Crippen molar-refractivity contribution >= 4 is 11.8 Å². The van der Waals surface area contributed by atoms with Gasteiger partial charge in [0.05, 0.1) is 0 Å². The highest BCUT2D eigenvalue weighted by atomic mass is 32.2. The van der Waals surface area contributed by atoms with Gasteiger partial charge >= 0.3 is 0 Å². The Morgan fingerprint density at radius 3 is 2.55 bits per heavy atom. The lowest BCUT2D eigenvalue weighted by atomic mass is 10.1. The van der Waals surface area contributed by atoms with E-state index >= 15 is 0 Å². The zero-order valence-corrected chi connectivity index (χ0v) is 13.7. The molecule has 0 aromatic heterocycles. The second-order valence-electron chi connectivity index (χ2n) is 5.94. The van der Waals surface area contributed by atoms with E-state index in [1.165, 1.54) is 5.56 Å². The van der Waals surface area contributed by atoms with Crippen LogP contribution in [0.2, 0.25) is 0 Å². The fraction of sp³-hybridized carbons (Fsp3) is 0.625. The SMILES string of the molecule is CCNC(CSC(C)(C)C)c1ccc2c(c1)OCCO2. The van der Waals surface area contributed by atoms with Crippen molar-refractivity contribution in [3.05, 3.63) is 23.8 Å². The van der Waals surface area contributed by atoms with Crippen LogP contribution >= 0.6 is 11.8 Å². The number of ether oxygens (including phenoxy) is 2. The van der Waals surface area contributed by atoms with Crippen molar-refractivity contribution in [2.45, 2.75) is 38.5 Å². The monoisotopic (exact) mass is 295 g/mol. The summed E-state index contributed by atoms with van der Waals surface area (Å²) >= 11 is 1.98. The molecule has 0 radical (unpaired) electrons. The normalized spacial score (nSPS) is 16.0. The van der Waals surface area contributed by atoms with Crippen LogP contribution < -0.4 is 14.8 Å². The minimum Gasteiger partial charge on any atom is -0.486 e. The number of benzene rings is 1. The van der Waals surface area contributed by atoms with Crippen LogP contribution in [0.3, 0.4) is 0 Å². The fourth-order valence-electron chi connectivity index (χ4n) is 2.13. The highest BCUT2D eigenvalue weighted by Gasteiger charge is 2.19. The van der Waals surface area contributed by atoms with Gasteiger partial charge in [0, 0.05) is 16.5 Å². The summed E-state index contributed by atoms with van der Waals surface area (Å²) in [5.74, 6) is 2.79. The Morgan fingerprint density at radius 1 is 1.20 bits per heavy atom. The number of fused-ring (bicyclic) bond motifs is 1. The Kier molecular flexibility index (Phi) is 5.22. The minimum absolute atomic E-state index is 0.279. The molecular weight excluding hydrogens is 270 g/mol. The van der Waals surface area contributed by atoms with Crippen LogP contribution in [0, 0.1) is 0 Å². The molecule has 0 saturated heterocycles. The summed E-state index contributed by atoms with van der Waals surface area (Å²) in [4.78, 5) is 0. The van der Waals surface area contributed by atoms with Gasteiger partial charge in [-0.1, -0.05) is 33.8 Å². The third kappa shape index (κ3) is 4.32. The fourth-order valence-corrected chi connectivity index (χ4v) is 3.11. The van der Waals surface area contributed by atoms with Crippen molar-refractivity contribution in [3.8, 4) is 11.5 Å². The van der Waals surface area contributed by atoms with Crippen LogP contribution in [-0.2, 0) is 0 Å². The molecule has 1 unspecified atom stereocenters. The lowest BCUT2D eigenvalue weighted by Crippen LogP contribution is -2.25. The maximum atomic E-state index is 5.68. The van der Waals surface area contributed by atoms with Gasteiger partial charge < -0.3 is 14.8 Å². The molecular formula is C16H25NO2S. The van der Waals surface area contributed by atoms with Gasteiger partial charge in [-0.2, -0.15) is 11.8 Å². The van der Waals surface area contributed by atoms with E-state index in [-0.39, 0.29) is 4.75 Å². The first-order valence-electron chi connectivity index (χ1n) is 7.26. The Hall–Kier alpha value is -0.870. The van der Waals surface area contributed by atoms with Crippen LogP contribution in [-0.4, -0.2) is 30.3 Å². The van der Waals surface area contributed by atoms with Gasteiger partial charge in [-0.05, 0) is 24.2 Å². The number of nitrogens with one attached hydrogen (secondary N) is 1. The van der Waals surface area contributed by atoms with Gasteiger partial charge in [-0.15, -0.1) is 0 Å². The molecule has 1 atom stereocenters. The van der Waals surface area contributed by atoms with Crippen LogP contribution in [0.15, 0.2) is 18.2 Å². The van der Waals surface area contributed by atoms with Gasteiger partial charge in [0.25, 0.3) is 0 Å². The average molecular weight is 295 g/mol. The standard InChI is InChI=1S/C16H25NO2S/c1-5-17-13(11-20-16(2,3)4)12-6-7-14-15(10-12)19-9-8-18-14/h6-7,10,13,17H,5,8-9,11H2,1-4H3. The third-order valence-corrected chi connectivity index (χ3v) is 4.47. The van der Waals surface area contributed by atoms with E-state index in [0.717, 1.165) is 23.8 Å². The summed E-state index contributed by atoms with van der Waals surface area (Å²) in [6.45, 7) is 11.2. The first kappa shape index (κ1) is 15.5. The quantitative estimate of drug-likeness (QED) is 0.898. The second kappa shape index (κ2) is 6.72. The Balaban J connectivity index is 2.12.